The van der Waals surface area contributed by atoms with Crippen LogP contribution in [0.4, 0.5) is 11.5 Å². The molecule has 1 atom stereocenters. The standard InChI is InChI=1S/C15H22N4O/c1-15(7-4-8-17-15)14(20)18-12-5-6-13(16-11-12)19-9-2-3-10-19/h5-6,11,17H,2-4,7-10H2,1H3,(H,18,20). The van der Waals surface area contributed by atoms with Crippen molar-refractivity contribution in [2.24, 2.45) is 0 Å². The monoisotopic (exact) mass is 274 g/mol. The molecule has 0 radical (unpaired) electrons. The summed E-state index contributed by atoms with van der Waals surface area (Å²) >= 11 is 0. The predicted octanol–water partition coefficient (Wildman–Crippen LogP) is 1.76. The van der Waals surface area contributed by atoms with Crippen LogP contribution in [-0.2, 0) is 4.79 Å². The molecule has 3 heterocycles. The zero-order valence-corrected chi connectivity index (χ0v) is 12.0. The number of hydrogen-bond acceptors (Lipinski definition) is 4. The summed E-state index contributed by atoms with van der Waals surface area (Å²) in [5.74, 6) is 1.04. The largest absolute Gasteiger partial charge is 0.357 e. The fourth-order valence-electron chi connectivity index (χ4n) is 2.95. The lowest BCUT2D eigenvalue weighted by atomic mass is 9.99. The van der Waals surface area contributed by atoms with Crippen LogP contribution in [0.1, 0.15) is 32.6 Å². The van der Waals surface area contributed by atoms with E-state index in [1.165, 1.54) is 12.8 Å². The van der Waals surface area contributed by atoms with Crippen LogP contribution in [0, 0.1) is 0 Å². The number of nitrogens with one attached hydrogen (secondary N) is 2. The van der Waals surface area contributed by atoms with Gasteiger partial charge < -0.3 is 15.5 Å². The molecule has 2 N–H and O–H groups in total. The third kappa shape index (κ3) is 2.63. The molecule has 5 nitrogen and oxygen atoms in total. The van der Waals surface area contributed by atoms with E-state index in [1.54, 1.807) is 6.20 Å². The fourth-order valence-corrected chi connectivity index (χ4v) is 2.95. The van der Waals surface area contributed by atoms with Gasteiger partial charge in [-0.1, -0.05) is 0 Å². The Bertz CT molecular complexity index is 473. The minimum atomic E-state index is -0.437. The average Bonchev–Trinajstić information content (AvgIpc) is 3.11. The van der Waals surface area contributed by atoms with E-state index >= 15 is 0 Å². The maximum atomic E-state index is 12.3. The maximum absolute atomic E-state index is 12.3. The van der Waals surface area contributed by atoms with Gasteiger partial charge in [-0.05, 0) is 51.3 Å². The molecule has 0 aromatic carbocycles. The number of amides is 1. The van der Waals surface area contributed by atoms with E-state index in [2.05, 4.69) is 20.5 Å². The molecule has 108 valence electrons. The first kappa shape index (κ1) is 13.4. The molecule has 0 spiro atoms. The molecule has 1 aromatic rings. The topological polar surface area (TPSA) is 57.3 Å². The van der Waals surface area contributed by atoms with Crippen molar-refractivity contribution in [3.05, 3.63) is 18.3 Å². The highest BCUT2D eigenvalue weighted by molar-refractivity contribution is 5.98. The van der Waals surface area contributed by atoms with Gasteiger partial charge in [-0.25, -0.2) is 4.98 Å². The highest BCUT2D eigenvalue weighted by Crippen LogP contribution is 2.22. The van der Waals surface area contributed by atoms with E-state index in [-0.39, 0.29) is 5.91 Å². The van der Waals surface area contributed by atoms with Crippen molar-refractivity contribution in [1.82, 2.24) is 10.3 Å². The summed E-state index contributed by atoms with van der Waals surface area (Å²) in [6, 6.07) is 3.93. The summed E-state index contributed by atoms with van der Waals surface area (Å²) in [6.07, 6.45) is 6.17. The molecule has 20 heavy (non-hydrogen) atoms. The second-order valence-corrected chi connectivity index (χ2v) is 5.92. The van der Waals surface area contributed by atoms with Crippen LogP contribution in [0.3, 0.4) is 0 Å². The van der Waals surface area contributed by atoms with Crippen molar-refractivity contribution in [3.63, 3.8) is 0 Å². The van der Waals surface area contributed by atoms with Crippen LogP contribution in [0.2, 0.25) is 0 Å². The maximum Gasteiger partial charge on any atom is 0.244 e. The first-order chi connectivity index (χ1) is 9.67. The number of anilines is 2. The molecule has 2 fully saturated rings. The molecule has 2 aliphatic rings. The quantitative estimate of drug-likeness (QED) is 0.882. The smallest absolute Gasteiger partial charge is 0.244 e. The van der Waals surface area contributed by atoms with Gasteiger partial charge in [-0.2, -0.15) is 0 Å². The summed E-state index contributed by atoms with van der Waals surface area (Å²) in [5, 5.41) is 6.23. The Morgan fingerprint density at radius 1 is 1.35 bits per heavy atom. The molecule has 1 amide bonds. The van der Waals surface area contributed by atoms with Crippen molar-refractivity contribution in [3.8, 4) is 0 Å². The molecule has 0 saturated carbocycles. The number of carbonyl (C=O) groups excluding carboxylic acids is 1. The summed E-state index contributed by atoms with van der Waals surface area (Å²) in [7, 11) is 0. The van der Waals surface area contributed by atoms with Gasteiger partial charge in [0.1, 0.15) is 5.82 Å². The minimum Gasteiger partial charge on any atom is -0.357 e. The SMILES string of the molecule is CC1(C(=O)Nc2ccc(N3CCCC3)nc2)CCCN1. The third-order valence-corrected chi connectivity index (χ3v) is 4.31. The molecule has 3 rings (SSSR count). The lowest BCUT2D eigenvalue weighted by Gasteiger charge is -2.23. The number of hydrogen-bond donors (Lipinski definition) is 2. The van der Waals surface area contributed by atoms with Crippen molar-refractivity contribution < 1.29 is 4.79 Å². The Morgan fingerprint density at radius 3 is 2.75 bits per heavy atom. The predicted molar refractivity (Wildman–Crippen MR) is 80.0 cm³/mol. The van der Waals surface area contributed by atoms with Crippen LogP contribution < -0.4 is 15.5 Å². The summed E-state index contributed by atoms with van der Waals surface area (Å²) in [6.45, 7) is 5.04. The minimum absolute atomic E-state index is 0.0331. The van der Waals surface area contributed by atoms with Gasteiger partial charge in [0.2, 0.25) is 5.91 Å². The van der Waals surface area contributed by atoms with Crippen LogP contribution in [0.25, 0.3) is 0 Å². The van der Waals surface area contributed by atoms with Gasteiger partial charge >= 0.3 is 0 Å². The number of rotatable bonds is 3. The fraction of sp³-hybridized carbons (Fsp3) is 0.600. The van der Waals surface area contributed by atoms with Crippen LogP contribution in [0.15, 0.2) is 18.3 Å². The third-order valence-electron chi connectivity index (χ3n) is 4.31. The van der Waals surface area contributed by atoms with Gasteiger partial charge in [0.15, 0.2) is 0 Å². The summed E-state index contributed by atoms with van der Waals surface area (Å²) in [4.78, 5) is 19.0. The van der Waals surface area contributed by atoms with Crippen LogP contribution in [-0.4, -0.2) is 36.1 Å². The van der Waals surface area contributed by atoms with Crippen molar-refractivity contribution in [2.75, 3.05) is 29.9 Å². The number of pyridine rings is 1. The molecule has 0 aliphatic carbocycles. The Morgan fingerprint density at radius 2 is 2.15 bits per heavy atom. The normalized spacial score (nSPS) is 25.9. The van der Waals surface area contributed by atoms with Crippen molar-refractivity contribution >= 4 is 17.4 Å². The van der Waals surface area contributed by atoms with Gasteiger partial charge in [0.25, 0.3) is 0 Å². The van der Waals surface area contributed by atoms with E-state index in [1.807, 2.05) is 19.1 Å². The first-order valence-corrected chi connectivity index (χ1v) is 7.45. The number of aromatic nitrogens is 1. The van der Waals surface area contributed by atoms with Crippen molar-refractivity contribution in [2.45, 2.75) is 38.1 Å². The van der Waals surface area contributed by atoms with Gasteiger partial charge in [0, 0.05) is 13.1 Å². The molecule has 0 bridgehead atoms. The Kier molecular flexibility index (Phi) is 3.61. The van der Waals surface area contributed by atoms with E-state index < -0.39 is 5.54 Å². The molecular formula is C15H22N4O. The average molecular weight is 274 g/mol. The molecule has 1 unspecified atom stereocenters. The highest BCUT2D eigenvalue weighted by Gasteiger charge is 2.35. The van der Waals surface area contributed by atoms with E-state index in [4.69, 9.17) is 0 Å². The highest BCUT2D eigenvalue weighted by atomic mass is 16.2. The lowest BCUT2D eigenvalue weighted by molar-refractivity contribution is -0.121. The number of nitrogens with zero attached hydrogens (tertiary/aromatic N) is 2. The molecular weight excluding hydrogens is 252 g/mol. The van der Waals surface area contributed by atoms with Crippen LogP contribution in [0.5, 0.6) is 0 Å². The Balaban J connectivity index is 1.64. The zero-order chi connectivity index (χ0) is 14.0. The molecule has 2 aliphatic heterocycles. The molecule has 5 heteroatoms. The Labute approximate surface area is 119 Å². The number of carbonyl (C=O) groups is 1. The van der Waals surface area contributed by atoms with Crippen LogP contribution >= 0.6 is 0 Å². The van der Waals surface area contributed by atoms with Gasteiger partial charge in [0.05, 0.1) is 17.4 Å². The summed E-state index contributed by atoms with van der Waals surface area (Å²) in [5.41, 5.74) is 0.334. The van der Waals surface area contributed by atoms with Crippen molar-refractivity contribution in [1.29, 1.82) is 0 Å². The lowest BCUT2D eigenvalue weighted by Crippen LogP contribution is -2.47. The van der Waals surface area contributed by atoms with E-state index in [0.717, 1.165) is 44.0 Å². The summed E-state index contributed by atoms with van der Waals surface area (Å²) < 4.78 is 0. The first-order valence-electron chi connectivity index (χ1n) is 7.45. The molecule has 1 aromatic heterocycles. The second-order valence-electron chi connectivity index (χ2n) is 5.92. The van der Waals surface area contributed by atoms with E-state index in [9.17, 15) is 4.79 Å². The Hall–Kier alpha value is -1.62. The second kappa shape index (κ2) is 5.40. The van der Waals surface area contributed by atoms with Gasteiger partial charge in [-0.3, -0.25) is 4.79 Å². The zero-order valence-electron chi connectivity index (χ0n) is 12.0. The van der Waals surface area contributed by atoms with E-state index in [0.29, 0.717) is 0 Å². The molecule has 2 saturated heterocycles. The van der Waals surface area contributed by atoms with Gasteiger partial charge in [-0.15, -0.1) is 0 Å².